The Hall–Kier alpha value is -2.95. The lowest BCUT2D eigenvalue weighted by atomic mass is 9.86. The zero-order chi connectivity index (χ0) is 20.4. The van der Waals surface area contributed by atoms with Crippen LogP contribution in [0.3, 0.4) is 0 Å². The van der Waals surface area contributed by atoms with Crippen molar-refractivity contribution in [3.8, 4) is 11.5 Å². The van der Waals surface area contributed by atoms with Crippen LogP contribution in [0, 0.1) is 5.92 Å². The molecule has 1 atom stereocenters. The maximum absolute atomic E-state index is 12.8. The van der Waals surface area contributed by atoms with Crippen LogP contribution >= 0.6 is 0 Å². The molecule has 1 aliphatic heterocycles. The number of hydrogen-bond acceptors (Lipinski definition) is 3. The summed E-state index contributed by atoms with van der Waals surface area (Å²) in [5, 5.41) is 4.22. The first kappa shape index (κ1) is 19.4. The largest absolute Gasteiger partial charge is 0.454 e. The number of aromatic amines is 1. The molecule has 1 aromatic heterocycles. The van der Waals surface area contributed by atoms with Gasteiger partial charge in [0, 0.05) is 41.5 Å². The van der Waals surface area contributed by atoms with Gasteiger partial charge in [-0.3, -0.25) is 4.79 Å². The van der Waals surface area contributed by atoms with E-state index in [9.17, 15) is 4.79 Å². The Morgan fingerprint density at radius 1 is 1.14 bits per heavy atom. The molecule has 0 saturated heterocycles. The molecule has 0 saturated carbocycles. The highest BCUT2D eigenvalue weighted by molar-refractivity contribution is 5.88. The molecule has 152 valence electrons. The highest BCUT2D eigenvalue weighted by atomic mass is 16.7. The molecule has 1 unspecified atom stereocenters. The quantitative estimate of drug-likeness (QED) is 0.610. The van der Waals surface area contributed by atoms with Gasteiger partial charge in [0.1, 0.15) is 0 Å². The van der Waals surface area contributed by atoms with Gasteiger partial charge < -0.3 is 19.8 Å². The van der Waals surface area contributed by atoms with Crippen molar-refractivity contribution in [2.75, 3.05) is 13.3 Å². The number of nitrogens with one attached hydrogen (secondary N) is 2. The van der Waals surface area contributed by atoms with E-state index in [1.807, 2.05) is 24.4 Å². The van der Waals surface area contributed by atoms with Crippen molar-refractivity contribution < 1.29 is 14.3 Å². The topological polar surface area (TPSA) is 63.4 Å². The molecule has 2 heterocycles. The van der Waals surface area contributed by atoms with E-state index in [1.165, 1.54) is 5.56 Å². The number of aromatic nitrogens is 1. The molecule has 2 N–H and O–H groups in total. The maximum Gasteiger partial charge on any atom is 0.231 e. The summed E-state index contributed by atoms with van der Waals surface area (Å²) in [6.07, 6.45) is 3.35. The smallest absolute Gasteiger partial charge is 0.231 e. The Bertz CT molecular complexity index is 1020. The summed E-state index contributed by atoms with van der Waals surface area (Å²) in [6, 6.07) is 12.3. The van der Waals surface area contributed by atoms with Crippen LogP contribution in [0.2, 0.25) is 0 Å². The normalized spacial score (nSPS) is 13.8. The van der Waals surface area contributed by atoms with Crippen molar-refractivity contribution in [2.45, 2.75) is 39.5 Å². The second kappa shape index (κ2) is 8.19. The fourth-order valence-electron chi connectivity index (χ4n) is 4.01. The number of H-pyrrole nitrogens is 1. The Morgan fingerprint density at radius 3 is 2.76 bits per heavy atom. The first-order chi connectivity index (χ1) is 14.1. The number of benzene rings is 2. The fourth-order valence-corrected chi connectivity index (χ4v) is 4.01. The van der Waals surface area contributed by atoms with Gasteiger partial charge in [0.15, 0.2) is 11.5 Å². The van der Waals surface area contributed by atoms with Crippen LogP contribution < -0.4 is 14.8 Å². The minimum atomic E-state index is -0.125. The van der Waals surface area contributed by atoms with E-state index in [0.29, 0.717) is 18.9 Å². The summed E-state index contributed by atoms with van der Waals surface area (Å²) in [5.74, 6) is 1.82. The van der Waals surface area contributed by atoms with Crippen LogP contribution in [0.5, 0.6) is 11.5 Å². The number of carbonyl (C=O) groups excluding carboxylic acids is 1. The second-order valence-electron chi connectivity index (χ2n) is 7.97. The lowest BCUT2D eigenvalue weighted by molar-refractivity contribution is -0.121. The summed E-state index contributed by atoms with van der Waals surface area (Å²) in [6.45, 7) is 7.23. The number of para-hydroxylation sites is 2. The molecule has 5 nitrogen and oxygen atoms in total. The molecule has 0 radical (unpaired) electrons. The third-order valence-electron chi connectivity index (χ3n) is 5.49. The Kier molecular flexibility index (Phi) is 5.47. The zero-order valence-electron chi connectivity index (χ0n) is 17.2. The first-order valence-corrected chi connectivity index (χ1v) is 10.3. The number of ether oxygens (including phenoxy) is 2. The second-order valence-corrected chi connectivity index (χ2v) is 7.97. The van der Waals surface area contributed by atoms with E-state index in [4.69, 9.17) is 9.47 Å². The van der Waals surface area contributed by atoms with Gasteiger partial charge in [0.25, 0.3) is 0 Å². The number of fused-ring (bicyclic) bond motifs is 2. The van der Waals surface area contributed by atoms with Gasteiger partial charge in [0.05, 0.1) is 0 Å². The van der Waals surface area contributed by atoms with Crippen LogP contribution in [0.4, 0.5) is 0 Å². The van der Waals surface area contributed by atoms with Gasteiger partial charge in [-0.2, -0.15) is 0 Å². The highest BCUT2D eigenvalue weighted by Gasteiger charge is 2.28. The summed E-state index contributed by atoms with van der Waals surface area (Å²) < 4.78 is 11.4. The standard InChI is InChI=1S/C24H28N2O3/c1-4-16-7-5-8-17-20(13-26-23(16)17)19(11-22(27)25-12-15(2)3)18-9-6-10-21-24(18)29-14-28-21/h5-10,13,15,19,26H,4,11-12,14H2,1-3H3,(H,25,27). The van der Waals surface area contributed by atoms with E-state index in [1.54, 1.807) is 0 Å². The molecule has 0 fully saturated rings. The maximum atomic E-state index is 12.8. The predicted molar refractivity (Wildman–Crippen MR) is 115 cm³/mol. The average molecular weight is 392 g/mol. The lowest BCUT2D eigenvalue weighted by Crippen LogP contribution is -2.28. The van der Waals surface area contributed by atoms with Crippen molar-refractivity contribution in [1.29, 1.82) is 0 Å². The van der Waals surface area contributed by atoms with Crippen LogP contribution in [-0.2, 0) is 11.2 Å². The molecule has 0 aliphatic carbocycles. The van der Waals surface area contributed by atoms with Crippen molar-refractivity contribution in [3.05, 3.63) is 59.3 Å². The highest BCUT2D eigenvalue weighted by Crippen LogP contribution is 2.44. The fraction of sp³-hybridized carbons (Fsp3) is 0.375. The molecule has 0 bridgehead atoms. The van der Waals surface area contributed by atoms with E-state index in [0.717, 1.165) is 39.9 Å². The van der Waals surface area contributed by atoms with Crippen LogP contribution in [0.25, 0.3) is 10.9 Å². The number of carbonyl (C=O) groups is 1. The molecule has 5 heteroatoms. The minimum Gasteiger partial charge on any atom is -0.454 e. The van der Waals surface area contributed by atoms with Crippen molar-refractivity contribution in [1.82, 2.24) is 10.3 Å². The van der Waals surface area contributed by atoms with E-state index in [2.05, 4.69) is 49.3 Å². The molecule has 29 heavy (non-hydrogen) atoms. The molecular formula is C24H28N2O3. The van der Waals surface area contributed by atoms with Gasteiger partial charge in [-0.15, -0.1) is 0 Å². The van der Waals surface area contributed by atoms with Crippen molar-refractivity contribution in [2.24, 2.45) is 5.92 Å². The zero-order valence-corrected chi connectivity index (χ0v) is 17.2. The minimum absolute atomic E-state index is 0.0428. The van der Waals surface area contributed by atoms with Crippen LogP contribution in [0.15, 0.2) is 42.6 Å². The Balaban J connectivity index is 1.77. The molecule has 2 aromatic carbocycles. The van der Waals surface area contributed by atoms with Gasteiger partial charge in [-0.05, 0) is 29.5 Å². The van der Waals surface area contributed by atoms with E-state index >= 15 is 0 Å². The summed E-state index contributed by atoms with van der Waals surface area (Å²) >= 11 is 0. The molecule has 4 rings (SSSR count). The predicted octanol–water partition coefficient (Wildman–Crippen LogP) is 4.75. The Morgan fingerprint density at radius 2 is 1.97 bits per heavy atom. The van der Waals surface area contributed by atoms with Crippen molar-refractivity contribution >= 4 is 16.8 Å². The summed E-state index contributed by atoms with van der Waals surface area (Å²) in [7, 11) is 0. The van der Waals surface area contributed by atoms with Gasteiger partial charge >= 0.3 is 0 Å². The number of amides is 1. The van der Waals surface area contributed by atoms with Gasteiger partial charge in [0.2, 0.25) is 12.7 Å². The summed E-state index contributed by atoms with van der Waals surface area (Å²) in [4.78, 5) is 16.2. The van der Waals surface area contributed by atoms with E-state index < -0.39 is 0 Å². The van der Waals surface area contributed by atoms with Crippen molar-refractivity contribution in [3.63, 3.8) is 0 Å². The number of hydrogen-bond donors (Lipinski definition) is 2. The molecule has 3 aromatic rings. The average Bonchev–Trinajstić information content (AvgIpc) is 3.37. The SMILES string of the molecule is CCc1cccc2c(C(CC(=O)NCC(C)C)c3cccc4c3OCO4)c[nH]c12. The molecule has 1 aliphatic rings. The summed E-state index contributed by atoms with van der Waals surface area (Å²) in [5.41, 5.74) is 4.51. The van der Waals surface area contributed by atoms with Gasteiger partial charge in [-0.25, -0.2) is 0 Å². The molecule has 1 amide bonds. The molecular weight excluding hydrogens is 364 g/mol. The first-order valence-electron chi connectivity index (χ1n) is 10.3. The third-order valence-corrected chi connectivity index (χ3v) is 5.49. The Labute approximate surface area is 171 Å². The number of rotatable bonds is 7. The van der Waals surface area contributed by atoms with Gasteiger partial charge in [-0.1, -0.05) is 51.1 Å². The monoisotopic (exact) mass is 392 g/mol. The van der Waals surface area contributed by atoms with E-state index in [-0.39, 0.29) is 18.6 Å². The lowest BCUT2D eigenvalue weighted by Gasteiger charge is -2.19. The van der Waals surface area contributed by atoms with Crippen LogP contribution in [0.1, 0.15) is 49.8 Å². The van der Waals surface area contributed by atoms with Crippen LogP contribution in [-0.4, -0.2) is 24.2 Å². The molecule has 0 spiro atoms. The number of aryl methyl sites for hydroxylation is 1. The third kappa shape index (κ3) is 3.82.